The highest BCUT2D eigenvalue weighted by Crippen LogP contribution is 2.18. The second-order valence-electron chi connectivity index (χ2n) is 5.90. The predicted octanol–water partition coefficient (Wildman–Crippen LogP) is 2.43. The van der Waals surface area contributed by atoms with Crippen LogP contribution in [0.2, 0.25) is 0 Å². The molecule has 1 aromatic carbocycles. The van der Waals surface area contributed by atoms with Crippen molar-refractivity contribution in [2.45, 2.75) is 31.3 Å². The third-order valence-electron chi connectivity index (χ3n) is 3.90. The fourth-order valence-corrected chi connectivity index (χ4v) is 4.39. The third kappa shape index (κ3) is 5.06. The van der Waals surface area contributed by atoms with E-state index < -0.39 is 10.0 Å². The monoisotopic (exact) mass is 394 g/mol. The number of rotatable bonds is 7. The maximum Gasteiger partial charge on any atom is 0.242 e. The van der Waals surface area contributed by atoms with E-state index in [-0.39, 0.29) is 0 Å². The largest absolute Gasteiger partial charge is 0.352 e. The van der Waals surface area contributed by atoms with Crippen LogP contribution in [0.15, 0.2) is 46.3 Å². The maximum atomic E-state index is 12.5. The first kappa shape index (κ1) is 20.4. The van der Waals surface area contributed by atoms with E-state index >= 15 is 0 Å². The minimum Gasteiger partial charge on any atom is -0.352 e. The molecule has 0 aliphatic heterocycles. The molecule has 8 heteroatoms. The van der Waals surface area contributed by atoms with Gasteiger partial charge in [0.1, 0.15) is 0 Å². The zero-order chi connectivity index (χ0) is 19.2. The number of benzene rings is 1. The van der Waals surface area contributed by atoms with Crippen molar-refractivity contribution in [3.63, 3.8) is 0 Å². The number of aliphatic imine (C=N–C) groups is 1. The number of hydrogen-bond acceptors (Lipinski definition) is 4. The summed E-state index contributed by atoms with van der Waals surface area (Å²) in [4.78, 5) is 7.11. The molecule has 0 saturated heterocycles. The van der Waals surface area contributed by atoms with Crippen LogP contribution in [0, 0.1) is 0 Å². The van der Waals surface area contributed by atoms with Gasteiger partial charge in [0.15, 0.2) is 5.96 Å². The molecule has 0 saturated carbocycles. The van der Waals surface area contributed by atoms with E-state index in [1.165, 1.54) is 28.2 Å². The molecular formula is C18H26N4O2S2. The summed E-state index contributed by atoms with van der Waals surface area (Å²) in [6, 6.07) is 11.3. The quantitative estimate of drug-likeness (QED) is 0.559. The number of thiophene rings is 1. The second kappa shape index (κ2) is 9.16. The zero-order valence-electron chi connectivity index (χ0n) is 15.6. The van der Waals surface area contributed by atoms with Crippen molar-refractivity contribution in [1.82, 2.24) is 14.9 Å². The number of nitrogens with zero attached hydrogens (tertiary/aromatic N) is 2. The highest BCUT2D eigenvalue weighted by Gasteiger charge is 2.20. The maximum absolute atomic E-state index is 12.5. The van der Waals surface area contributed by atoms with Crippen molar-refractivity contribution < 1.29 is 8.42 Å². The average molecular weight is 395 g/mol. The Balaban J connectivity index is 2.03. The Labute approximate surface area is 160 Å². The van der Waals surface area contributed by atoms with Crippen LogP contribution in [-0.4, -0.2) is 39.8 Å². The first-order valence-electron chi connectivity index (χ1n) is 8.41. The van der Waals surface area contributed by atoms with E-state index in [9.17, 15) is 8.42 Å². The molecule has 1 heterocycles. The molecule has 0 aliphatic carbocycles. The van der Waals surface area contributed by atoms with Crippen molar-refractivity contribution >= 4 is 27.3 Å². The van der Waals surface area contributed by atoms with Crippen molar-refractivity contribution in [3.05, 3.63) is 51.7 Å². The van der Waals surface area contributed by atoms with Crippen LogP contribution in [0.3, 0.4) is 0 Å². The van der Waals surface area contributed by atoms with Gasteiger partial charge in [0.05, 0.1) is 11.4 Å². The van der Waals surface area contributed by atoms with E-state index in [1.54, 1.807) is 30.5 Å². The van der Waals surface area contributed by atoms with E-state index in [0.717, 1.165) is 6.42 Å². The Morgan fingerprint density at radius 2 is 1.73 bits per heavy atom. The topological polar surface area (TPSA) is 73.8 Å². The van der Waals surface area contributed by atoms with Gasteiger partial charge in [-0.15, -0.1) is 11.3 Å². The Kier molecular flexibility index (Phi) is 7.19. The van der Waals surface area contributed by atoms with Gasteiger partial charge < -0.3 is 10.6 Å². The van der Waals surface area contributed by atoms with Crippen molar-refractivity contribution in [2.75, 3.05) is 21.1 Å². The van der Waals surface area contributed by atoms with Crippen LogP contribution in [-0.2, 0) is 29.5 Å². The Bertz CT molecular complexity index is 858. The molecule has 0 unspecified atom stereocenters. The van der Waals surface area contributed by atoms with E-state index in [4.69, 9.17) is 0 Å². The Morgan fingerprint density at radius 3 is 2.35 bits per heavy atom. The lowest BCUT2D eigenvalue weighted by Crippen LogP contribution is -2.36. The summed E-state index contributed by atoms with van der Waals surface area (Å²) in [7, 11) is 1.28. The number of sulfonamides is 1. The van der Waals surface area contributed by atoms with Gasteiger partial charge >= 0.3 is 0 Å². The first-order valence-corrected chi connectivity index (χ1v) is 10.7. The molecule has 0 atom stereocenters. The molecule has 26 heavy (non-hydrogen) atoms. The Hall–Kier alpha value is -1.90. The molecule has 0 spiro atoms. The van der Waals surface area contributed by atoms with E-state index in [0.29, 0.717) is 29.5 Å². The van der Waals surface area contributed by atoms with Gasteiger partial charge in [0.2, 0.25) is 10.0 Å². The highest BCUT2D eigenvalue weighted by atomic mass is 32.2. The molecule has 0 aliphatic rings. The smallest absolute Gasteiger partial charge is 0.242 e. The van der Waals surface area contributed by atoms with E-state index in [2.05, 4.69) is 34.7 Å². The molecule has 2 rings (SSSR count). The standard InChI is InChI=1S/C18H26N4O2S2/c1-5-15-10-11-16(25-15)13-21-18(19-2)20-12-14-8-6-7-9-17(14)26(23,24)22(3)4/h6-11H,5,12-13H2,1-4H3,(H2,19,20,21). The van der Waals surface area contributed by atoms with Crippen LogP contribution in [0.1, 0.15) is 22.2 Å². The highest BCUT2D eigenvalue weighted by molar-refractivity contribution is 7.89. The lowest BCUT2D eigenvalue weighted by atomic mass is 10.2. The normalized spacial score (nSPS) is 12.4. The summed E-state index contributed by atoms with van der Waals surface area (Å²) in [5.74, 6) is 0.633. The summed E-state index contributed by atoms with van der Waals surface area (Å²) >= 11 is 1.78. The van der Waals surface area contributed by atoms with E-state index in [1.807, 2.05) is 12.1 Å². The molecule has 6 nitrogen and oxygen atoms in total. The summed E-state index contributed by atoms with van der Waals surface area (Å²) in [5, 5.41) is 6.45. The zero-order valence-corrected chi connectivity index (χ0v) is 17.2. The molecule has 142 valence electrons. The summed E-state index contributed by atoms with van der Waals surface area (Å²) < 4.78 is 26.1. The predicted molar refractivity (Wildman–Crippen MR) is 108 cm³/mol. The van der Waals surface area contributed by atoms with Crippen LogP contribution in [0.5, 0.6) is 0 Å². The third-order valence-corrected chi connectivity index (χ3v) is 7.04. The molecule has 0 bridgehead atoms. The SMILES string of the molecule is CCc1ccc(CNC(=NC)NCc2ccccc2S(=O)(=O)N(C)C)s1. The van der Waals surface area contributed by atoms with Gasteiger partial charge in [-0.1, -0.05) is 25.1 Å². The van der Waals surface area contributed by atoms with Crippen LogP contribution in [0.25, 0.3) is 0 Å². The molecule has 0 amide bonds. The molecule has 2 aromatic rings. The Morgan fingerprint density at radius 1 is 1.08 bits per heavy atom. The van der Waals surface area contributed by atoms with Gasteiger partial charge in [-0.25, -0.2) is 12.7 Å². The molecule has 0 radical (unpaired) electrons. The van der Waals surface area contributed by atoms with Crippen LogP contribution < -0.4 is 10.6 Å². The van der Waals surface area contributed by atoms with Crippen molar-refractivity contribution in [3.8, 4) is 0 Å². The summed E-state index contributed by atoms with van der Waals surface area (Å²) in [5.41, 5.74) is 0.702. The van der Waals surface area contributed by atoms with Crippen molar-refractivity contribution in [1.29, 1.82) is 0 Å². The number of aryl methyl sites for hydroxylation is 1. The number of guanidine groups is 1. The fourth-order valence-electron chi connectivity index (χ4n) is 2.38. The second-order valence-corrected chi connectivity index (χ2v) is 9.27. The lowest BCUT2D eigenvalue weighted by Gasteiger charge is -2.16. The fraction of sp³-hybridized carbons (Fsp3) is 0.389. The molecular weight excluding hydrogens is 368 g/mol. The van der Waals surface area contributed by atoms with Crippen LogP contribution in [0.4, 0.5) is 0 Å². The summed E-state index contributed by atoms with van der Waals surface area (Å²) in [6.45, 7) is 3.19. The van der Waals surface area contributed by atoms with Crippen LogP contribution >= 0.6 is 11.3 Å². The summed E-state index contributed by atoms with van der Waals surface area (Å²) in [6.07, 6.45) is 1.04. The average Bonchev–Trinajstić information content (AvgIpc) is 3.10. The molecule has 2 N–H and O–H groups in total. The number of hydrogen-bond donors (Lipinski definition) is 2. The van der Waals surface area contributed by atoms with Gasteiger partial charge in [0, 0.05) is 37.4 Å². The van der Waals surface area contributed by atoms with Gasteiger partial charge in [-0.2, -0.15) is 0 Å². The first-order chi connectivity index (χ1) is 12.4. The minimum atomic E-state index is -3.48. The molecule has 1 aromatic heterocycles. The lowest BCUT2D eigenvalue weighted by molar-refractivity contribution is 0.519. The van der Waals surface area contributed by atoms with Gasteiger partial charge in [0.25, 0.3) is 0 Å². The van der Waals surface area contributed by atoms with Gasteiger partial charge in [-0.05, 0) is 30.2 Å². The van der Waals surface area contributed by atoms with Crippen molar-refractivity contribution in [2.24, 2.45) is 4.99 Å². The van der Waals surface area contributed by atoms with Gasteiger partial charge in [-0.3, -0.25) is 4.99 Å². The number of nitrogens with one attached hydrogen (secondary N) is 2. The minimum absolute atomic E-state index is 0.304. The molecule has 0 fully saturated rings.